The number of hydrogen-bond acceptors (Lipinski definition) is 9. The number of carbonyl (C=O) groups is 2. The van der Waals surface area contributed by atoms with Gasteiger partial charge in [-0.15, -0.1) is 10.2 Å². The number of aromatic amines is 1. The molecular formula is C25H27KN4O6. The van der Waals surface area contributed by atoms with E-state index in [1.54, 1.807) is 19.1 Å². The van der Waals surface area contributed by atoms with Crippen LogP contribution in [0.2, 0.25) is 0 Å². The number of rotatable bonds is 11. The van der Waals surface area contributed by atoms with Crippen LogP contribution in [-0.4, -0.2) is 45.8 Å². The van der Waals surface area contributed by atoms with Gasteiger partial charge in [-0.05, 0) is 74.2 Å². The minimum atomic E-state index is -1.70. The van der Waals surface area contributed by atoms with E-state index in [-0.39, 0.29) is 74.4 Å². The van der Waals surface area contributed by atoms with Gasteiger partial charge in [0.2, 0.25) is 5.82 Å². The maximum absolute atomic E-state index is 12.9. The number of aromatic nitrogens is 4. The first-order valence-electron chi connectivity index (χ1n) is 11.7. The minimum absolute atomic E-state index is 0. The van der Waals surface area contributed by atoms with E-state index in [4.69, 9.17) is 14.2 Å². The Kier molecular flexibility index (Phi) is 10.9. The molecule has 1 N–H and O–H groups in total. The predicted octanol–water partition coefficient (Wildman–Crippen LogP) is 0.512. The molecule has 0 amide bonds. The Bertz CT molecular complexity index is 1150. The van der Waals surface area contributed by atoms with Gasteiger partial charge in [-0.3, -0.25) is 4.79 Å². The summed E-state index contributed by atoms with van der Waals surface area (Å²) in [5.41, 5.74) is 1.58. The molecule has 3 aromatic rings. The van der Waals surface area contributed by atoms with Crippen molar-refractivity contribution in [2.24, 2.45) is 5.92 Å². The Morgan fingerprint density at radius 1 is 1.03 bits per heavy atom. The Balaban J connectivity index is 0.00000361. The van der Waals surface area contributed by atoms with Crippen molar-refractivity contribution in [3.63, 3.8) is 0 Å². The number of benzene rings is 2. The number of nitrogens with zero attached hydrogens (tertiary/aromatic N) is 3. The van der Waals surface area contributed by atoms with Gasteiger partial charge in [0.05, 0.1) is 19.0 Å². The van der Waals surface area contributed by atoms with Gasteiger partial charge in [-0.2, -0.15) is 5.21 Å². The number of tetrazole rings is 1. The monoisotopic (exact) mass is 518 g/mol. The second-order valence-corrected chi connectivity index (χ2v) is 8.43. The van der Waals surface area contributed by atoms with Gasteiger partial charge in [-0.25, -0.2) is 0 Å². The van der Waals surface area contributed by atoms with Crippen LogP contribution in [0.1, 0.15) is 54.4 Å². The fourth-order valence-electron chi connectivity index (χ4n) is 4.21. The van der Waals surface area contributed by atoms with Crippen LogP contribution in [-0.2, 0) is 0 Å². The van der Waals surface area contributed by atoms with Gasteiger partial charge >= 0.3 is 51.4 Å². The quantitative estimate of drug-likeness (QED) is 0.126. The molecule has 36 heavy (non-hydrogen) atoms. The number of ether oxygens (including phenoxy) is 3. The summed E-state index contributed by atoms with van der Waals surface area (Å²) in [6.07, 6.45) is 3.41. The van der Waals surface area contributed by atoms with Gasteiger partial charge in [0.25, 0.3) is 6.16 Å². The van der Waals surface area contributed by atoms with Gasteiger partial charge in [0.1, 0.15) is 11.5 Å². The zero-order chi connectivity index (χ0) is 24.6. The molecule has 4 rings (SSSR count). The number of unbranched alkanes of at least 4 members (excludes halogenated alkanes) is 1. The van der Waals surface area contributed by atoms with E-state index in [0.29, 0.717) is 30.4 Å². The second-order valence-electron chi connectivity index (χ2n) is 8.43. The van der Waals surface area contributed by atoms with Crippen LogP contribution in [0.5, 0.6) is 17.2 Å². The molecule has 1 aliphatic rings. The van der Waals surface area contributed by atoms with Crippen LogP contribution < -0.4 is 70.7 Å². The topological polar surface area (TPSA) is 139 Å². The van der Waals surface area contributed by atoms with E-state index in [2.05, 4.69) is 20.6 Å². The van der Waals surface area contributed by atoms with Crippen molar-refractivity contribution in [1.29, 1.82) is 0 Å². The molecule has 0 spiro atoms. The van der Waals surface area contributed by atoms with Crippen molar-refractivity contribution in [3.8, 4) is 28.6 Å². The first kappa shape index (κ1) is 28.3. The molecule has 0 aliphatic heterocycles. The Labute approximate surface area is 251 Å². The van der Waals surface area contributed by atoms with Gasteiger partial charge in [0.15, 0.2) is 5.78 Å². The standard InChI is InChI=1S/C25H28N4O6.K/c1-16-21(13-12-20(23(16)35-25(31)32)22(30)17-6-2-3-7-17)34-15-5-4-14-33-19-10-8-18(9-11-19)24-26-28-29-27-24;/h8-13,17H,2-7,14-15H2,1H3,(H,31,32)(H,26,27,28,29);/q;+1/p-1. The average molecular weight is 519 g/mol. The first-order valence-corrected chi connectivity index (χ1v) is 11.7. The van der Waals surface area contributed by atoms with Crippen molar-refractivity contribution < 1.29 is 80.3 Å². The number of nitrogens with one attached hydrogen (secondary N) is 1. The average Bonchev–Trinajstić information content (AvgIpc) is 3.58. The largest absolute Gasteiger partial charge is 1.00 e. The number of ketones is 1. The molecule has 0 saturated heterocycles. The molecule has 1 aliphatic carbocycles. The smallest absolute Gasteiger partial charge is 0.513 e. The van der Waals surface area contributed by atoms with E-state index in [1.807, 2.05) is 24.3 Å². The van der Waals surface area contributed by atoms with E-state index >= 15 is 0 Å². The molecule has 1 fully saturated rings. The van der Waals surface area contributed by atoms with Crippen LogP contribution in [0.15, 0.2) is 36.4 Å². The summed E-state index contributed by atoms with van der Waals surface area (Å²) < 4.78 is 16.5. The maximum Gasteiger partial charge on any atom is 1.00 e. The number of carbonyl (C=O) groups excluding carboxylic acids is 2. The third-order valence-electron chi connectivity index (χ3n) is 6.06. The third-order valence-corrected chi connectivity index (χ3v) is 6.06. The maximum atomic E-state index is 12.9. The van der Waals surface area contributed by atoms with E-state index in [1.165, 1.54) is 0 Å². The molecule has 1 aromatic heterocycles. The third kappa shape index (κ3) is 7.36. The molecule has 1 heterocycles. The molecule has 1 saturated carbocycles. The number of hydrogen-bond donors (Lipinski definition) is 1. The fraction of sp³-hybridized carbons (Fsp3) is 0.400. The SMILES string of the molecule is Cc1c(OCCCCOc2ccc(-c3nn[nH]n3)cc2)ccc(C(=O)C2CCCC2)c1OC(=O)[O-].[K+]. The summed E-state index contributed by atoms with van der Waals surface area (Å²) >= 11 is 0. The molecular weight excluding hydrogens is 491 g/mol. The summed E-state index contributed by atoms with van der Waals surface area (Å²) in [6, 6.07) is 10.7. The molecule has 0 radical (unpaired) electrons. The van der Waals surface area contributed by atoms with E-state index in [9.17, 15) is 14.7 Å². The second kappa shape index (κ2) is 13.8. The summed E-state index contributed by atoms with van der Waals surface area (Å²) in [6.45, 7) is 2.60. The van der Waals surface area contributed by atoms with E-state index in [0.717, 1.165) is 49.8 Å². The Hall–Kier alpha value is -2.31. The van der Waals surface area contributed by atoms with Crippen molar-refractivity contribution in [2.75, 3.05) is 13.2 Å². The van der Waals surface area contributed by atoms with Crippen LogP contribution in [0.3, 0.4) is 0 Å². The summed E-state index contributed by atoms with van der Waals surface area (Å²) in [7, 11) is 0. The van der Waals surface area contributed by atoms with Gasteiger partial charge in [0, 0.05) is 22.6 Å². The number of Topliss-reactive ketones (excluding diaryl/α,β-unsaturated/α-hetero) is 1. The zero-order valence-corrected chi connectivity index (χ0v) is 23.6. The van der Waals surface area contributed by atoms with Crippen molar-refractivity contribution >= 4 is 11.9 Å². The number of carboxylic acid groups (broad SMARTS) is 1. The summed E-state index contributed by atoms with van der Waals surface area (Å²) in [4.78, 5) is 24.0. The van der Waals surface area contributed by atoms with Crippen LogP contribution >= 0.6 is 0 Å². The van der Waals surface area contributed by atoms with Crippen LogP contribution in [0, 0.1) is 12.8 Å². The minimum Gasteiger partial charge on any atom is -0.513 e. The predicted molar refractivity (Wildman–Crippen MR) is 123 cm³/mol. The summed E-state index contributed by atoms with van der Waals surface area (Å²) in [5.74, 6) is 1.55. The molecule has 0 unspecified atom stereocenters. The summed E-state index contributed by atoms with van der Waals surface area (Å²) in [5, 5.41) is 25.0. The first-order chi connectivity index (χ1) is 17.0. The van der Waals surface area contributed by atoms with Crippen molar-refractivity contribution in [1.82, 2.24) is 20.6 Å². The molecule has 0 bridgehead atoms. The van der Waals surface area contributed by atoms with Crippen LogP contribution in [0.25, 0.3) is 11.4 Å². The zero-order valence-electron chi connectivity index (χ0n) is 20.5. The molecule has 10 nitrogen and oxygen atoms in total. The van der Waals surface area contributed by atoms with Crippen LogP contribution in [0.4, 0.5) is 4.79 Å². The van der Waals surface area contributed by atoms with Crippen molar-refractivity contribution in [2.45, 2.75) is 45.4 Å². The molecule has 184 valence electrons. The van der Waals surface area contributed by atoms with Crippen molar-refractivity contribution in [3.05, 3.63) is 47.5 Å². The van der Waals surface area contributed by atoms with Gasteiger partial charge < -0.3 is 24.1 Å². The fourth-order valence-corrected chi connectivity index (χ4v) is 4.21. The van der Waals surface area contributed by atoms with Gasteiger partial charge in [-0.1, -0.05) is 12.8 Å². The molecule has 11 heteroatoms. The normalized spacial score (nSPS) is 13.1. The molecule has 0 atom stereocenters. The Morgan fingerprint density at radius 3 is 2.36 bits per heavy atom. The number of H-pyrrole nitrogens is 1. The Morgan fingerprint density at radius 2 is 1.72 bits per heavy atom. The van der Waals surface area contributed by atoms with E-state index < -0.39 is 6.16 Å². The molecule has 2 aromatic carbocycles.